The predicted molar refractivity (Wildman–Crippen MR) is 176 cm³/mol. The van der Waals surface area contributed by atoms with Gasteiger partial charge in [-0.15, -0.1) is 10.8 Å². The number of rotatable bonds is 10. The highest BCUT2D eigenvalue weighted by atomic mass is 35.5. The van der Waals surface area contributed by atoms with Gasteiger partial charge in [-0.25, -0.2) is 4.98 Å². The number of amides is 1. The Kier molecular flexibility index (Phi) is 8.46. The van der Waals surface area contributed by atoms with Crippen molar-refractivity contribution in [2.45, 2.75) is 48.6 Å². The Morgan fingerprint density at radius 2 is 1.81 bits per heavy atom. The molecule has 2 fully saturated rings. The van der Waals surface area contributed by atoms with Crippen LogP contribution in [0, 0.1) is 0 Å². The van der Waals surface area contributed by atoms with Crippen LogP contribution in [0.1, 0.15) is 41.1 Å². The predicted octanol–water partition coefficient (Wildman–Crippen LogP) is 7.87. The van der Waals surface area contributed by atoms with E-state index in [1.165, 1.54) is 0 Å². The summed E-state index contributed by atoms with van der Waals surface area (Å²) in [5.41, 5.74) is 2.62. The molecule has 8 nitrogen and oxygen atoms in total. The number of nitrogens with zero attached hydrogens (tertiary/aromatic N) is 2. The number of halogens is 1. The Morgan fingerprint density at radius 1 is 1.05 bits per heavy atom. The molecule has 3 aromatic carbocycles. The Hall–Kier alpha value is -3.44. The van der Waals surface area contributed by atoms with Crippen molar-refractivity contribution in [3.63, 3.8) is 0 Å². The van der Waals surface area contributed by atoms with Crippen molar-refractivity contribution in [2.75, 3.05) is 18.5 Å². The van der Waals surface area contributed by atoms with Crippen molar-refractivity contribution in [3.8, 4) is 17.0 Å². The quantitative estimate of drug-likeness (QED) is 0.142. The number of carbonyl (C=O) groups is 1. The molecule has 1 saturated heterocycles. The van der Waals surface area contributed by atoms with Gasteiger partial charge in [0, 0.05) is 16.4 Å². The van der Waals surface area contributed by atoms with Gasteiger partial charge in [0.25, 0.3) is 0 Å². The molecule has 1 aliphatic carbocycles. The molecule has 0 unspecified atom stereocenters. The zero-order chi connectivity index (χ0) is 30.0. The van der Waals surface area contributed by atoms with Crippen molar-refractivity contribution < 1.29 is 28.0 Å². The van der Waals surface area contributed by atoms with Crippen molar-refractivity contribution in [1.29, 1.82) is 0 Å². The molecule has 43 heavy (non-hydrogen) atoms. The monoisotopic (exact) mass is 625 g/mol. The first-order valence-corrected chi connectivity index (χ1v) is 16.2. The van der Waals surface area contributed by atoms with Gasteiger partial charge in [0.2, 0.25) is 5.91 Å². The molecule has 2 aliphatic rings. The lowest BCUT2D eigenvalue weighted by atomic mass is 9.94. The number of aliphatic hydroxyl groups is 1. The van der Waals surface area contributed by atoms with Crippen LogP contribution in [0.4, 0.5) is 5.82 Å². The van der Waals surface area contributed by atoms with Crippen LogP contribution in [-0.4, -0.2) is 48.6 Å². The SMILES string of the molecule is O=C(Nc1cccc(-c2ccc(S(O)(O)N3CCC[C@@H]3CO)cc2)n1)C1(c2ccc(Cl)c(OCc3ccccc3)c2)CC1.[HH].[HH].[HH]. The Morgan fingerprint density at radius 3 is 2.53 bits per heavy atom. The molecular weight excluding hydrogens is 586 g/mol. The summed E-state index contributed by atoms with van der Waals surface area (Å²) in [6.45, 7) is 0.790. The van der Waals surface area contributed by atoms with Gasteiger partial charge < -0.3 is 15.2 Å². The third kappa shape index (κ3) is 6.15. The highest BCUT2D eigenvalue weighted by molar-refractivity contribution is 8.22. The van der Waals surface area contributed by atoms with Crippen LogP contribution in [0.25, 0.3) is 11.3 Å². The summed E-state index contributed by atoms with van der Waals surface area (Å²) in [5, 5.41) is 13.1. The first kappa shape index (κ1) is 29.6. The average Bonchev–Trinajstić information content (AvgIpc) is 3.70. The highest BCUT2D eigenvalue weighted by Crippen LogP contribution is 2.55. The second-order valence-electron chi connectivity index (χ2n) is 11.0. The fraction of sp³-hybridized carbons (Fsp3) is 0.273. The molecular formula is C33H40ClN3O5S. The third-order valence-corrected chi connectivity index (χ3v) is 10.6. The minimum Gasteiger partial charge on any atom is -0.487 e. The number of pyridine rings is 1. The minimum absolute atomic E-state index is 0. The number of benzene rings is 3. The second-order valence-corrected chi connectivity index (χ2v) is 13.4. The molecule has 0 bridgehead atoms. The first-order valence-electron chi connectivity index (χ1n) is 14.3. The van der Waals surface area contributed by atoms with E-state index in [4.69, 9.17) is 16.3 Å². The van der Waals surface area contributed by atoms with Crippen molar-refractivity contribution in [1.82, 2.24) is 9.29 Å². The fourth-order valence-corrected chi connectivity index (χ4v) is 7.51. The molecule has 0 radical (unpaired) electrons. The van der Waals surface area contributed by atoms with Crippen molar-refractivity contribution >= 4 is 34.1 Å². The summed E-state index contributed by atoms with van der Waals surface area (Å²) in [5.74, 6) is 0.834. The molecule has 230 valence electrons. The van der Waals surface area contributed by atoms with Crippen LogP contribution < -0.4 is 10.1 Å². The standard InChI is InChI=1S/C33H34ClN3O5S.3H2/c34-28-16-13-25(20-30(28)42-22-23-6-2-1-3-7-23)33(17-18-33)32(39)36-31-10-4-9-29(35-31)24-11-14-27(15-12-24)43(40,41)37-19-5-8-26(37)21-38;;;/h1-4,6-7,9-16,20,26,38,40-41H,5,8,17-19,21-22H2,(H,35,36,39);3*1H/t26-;;;/m1.../s1. The van der Waals surface area contributed by atoms with Gasteiger partial charge in [-0.1, -0.05) is 66.2 Å². The molecule has 1 amide bonds. The summed E-state index contributed by atoms with van der Waals surface area (Å²) in [4.78, 5) is 18.6. The summed E-state index contributed by atoms with van der Waals surface area (Å²) >= 11 is 6.42. The number of hydrogen-bond donors (Lipinski definition) is 4. The third-order valence-electron chi connectivity index (χ3n) is 8.22. The molecule has 2 heterocycles. The molecule has 1 aliphatic heterocycles. The van der Waals surface area contributed by atoms with E-state index in [1.54, 1.807) is 40.7 Å². The number of carbonyl (C=O) groups excluding carboxylic acids is 1. The number of ether oxygens (including phenoxy) is 1. The molecule has 4 aromatic rings. The molecule has 10 heteroatoms. The normalized spacial score (nSPS) is 18.3. The molecule has 1 atom stereocenters. The number of anilines is 1. The average molecular weight is 626 g/mol. The Balaban J connectivity index is 0.00000192. The smallest absolute Gasteiger partial charge is 0.236 e. The van der Waals surface area contributed by atoms with E-state index in [2.05, 4.69) is 10.3 Å². The number of nitrogens with one attached hydrogen (secondary N) is 1. The van der Waals surface area contributed by atoms with Gasteiger partial charge in [-0.3, -0.25) is 13.9 Å². The largest absolute Gasteiger partial charge is 0.487 e. The van der Waals surface area contributed by atoms with E-state index in [9.17, 15) is 19.0 Å². The minimum atomic E-state index is -3.20. The molecule has 4 N–H and O–H groups in total. The summed E-state index contributed by atoms with van der Waals surface area (Å²) in [6, 6.07) is 27.4. The van der Waals surface area contributed by atoms with E-state index < -0.39 is 16.2 Å². The van der Waals surface area contributed by atoms with Crippen LogP contribution in [0.5, 0.6) is 5.75 Å². The lowest BCUT2D eigenvalue weighted by molar-refractivity contribution is -0.118. The lowest BCUT2D eigenvalue weighted by Crippen LogP contribution is -2.34. The maximum atomic E-state index is 13.6. The van der Waals surface area contributed by atoms with Gasteiger partial charge in [0.15, 0.2) is 0 Å². The van der Waals surface area contributed by atoms with Crippen LogP contribution >= 0.6 is 22.4 Å². The van der Waals surface area contributed by atoms with Gasteiger partial charge in [0.05, 0.1) is 33.7 Å². The van der Waals surface area contributed by atoms with Crippen LogP contribution in [0.2, 0.25) is 5.02 Å². The maximum absolute atomic E-state index is 13.6. The van der Waals surface area contributed by atoms with Crippen LogP contribution in [0.3, 0.4) is 0 Å². The topological polar surface area (TPSA) is 115 Å². The first-order chi connectivity index (χ1) is 20.8. The van der Waals surface area contributed by atoms with Gasteiger partial charge in [-0.2, -0.15) is 4.31 Å². The van der Waals surface area contributed by atoms with E-state index in [-0.39, 0.29) is 22.8 Å². The highest BCUT2D eigenvalue weighted by Gasteiger charge is 2.51. The van der Waals surface area contributed by atoms with Gasteiger partial charge in [-0.05, 0) is 73.2 Å². The van der Waals surface area contributed by atoms with Crippen LogP contribution in [0.15, 0.2) is 95.9 Å². The Bertz CT molecular complexity index is 1610. The van der Waals surface area contributed by atoms with E-state index >= 15 is 0 Å². The van der Waals surface area contributed by atoms with Crippen LogP contribution in [-0.2, 0) is 16.8 Å². The number of hydrogen-bond acceptors (Lipinski definition) is 7. The molecule has 6 rings (SSSR count). The van der Waals surface area contributed by atoms with E-state index in [1.807, 2.05) is 54.6 Å². The van der Waals surface area contributed by atoms with E-state index in [0.29, 0.717) is 53.2 Å². The molecule has 1 saturated carbocycles. The number of aromatic nitrogens is 1. The number of aliphatic hydroxyl groups excluding tert-OH is 1. The second kappa shape index (κ2) is 12.3. The summed E-state index contributed by atoms with van der Waals surface area (Å²) < 4.78 is 29.5. The van der Waals surface area contributed by atoms with Crippen molar-refractivity contribution in [2.24, 2.45) is 0 Å². The van der Waals surface area contributed by atoms with Gasteiger partial charge in [0.1, 0.15) is 18.2 Å². The van der Waals surface area contributed by atoms with Gasteiger partial charge >= 0.3 is 0 Å². The van der Waals surface area contributed by atoms with E-state index in [0.717, 1.165) is 29.5 Å². The molecule has 0 spiro atoms. The summed E-state index contributed by atoms with van der Waals surface area (Å²) in [6.07, 6.45) is 2.96. The lowest BCUT2D eigenvalue weighted by Gasteiger charge is -2.43. The molecule has 1 aromatic heterocycles. The zero-order valence-corrected chi connectivity index (χ0v) is 25.1. The van der Waals surface area contributed by atoms with Crippen molar-refractivity contribution in [3.05, 3.63) is 107 Å². The fourth-order valence-electron chi connectivity index (χ4n) is 5.59. The summed E-state index contributed by atoms with van der Waals surface area (Å²) in [7, 11) is -3.20. The Labute approximate surface area is 262 Å². The zero-order valence-electron chi connectivity index (χ0n) is 23.5. The maximum Gasteiger partial charge on any atom is 0.236 e.